The molecule has 0 aliphatic heterocycles. The minimum atomic E-state index is -1.05. The fraction of sp³-hybridized carbons (Fsp3) is 0.364. The number of amides is 1. The maximum Gasteiger partial charge on any atom is 0.325 e. The summed E-state index contributed by atoms with van der Waals surface area (Å²) in [6.45, 7) is 1.42. The van der Waals surface area contributed by atoms with Gasteiger partial charge in [-0.25, -0.2) is 15.0 Å². The number of fused-ring (bicyclic) bond motifs is 1. The van der Waals surface area contributed by atoms with Crippen molar-refractivity contribution in [3.63, 3.8) is 0 Å². The zero-order valence-electron chi connectivity index (χ0n) is 10.7. The lowest BCUT2D eigenvalue weighted by Gasteiger charge is -2.08. The monoisotopic (exact) mass is 295 g/mol. The predicted octanol–water partition coefficient (Wildman–Crippen LogP) is 0.424. The number of imidazole rings is 1. The number of rotatable bonds is 6. The summed E-state index contributed by atoms with van der Waals surface area (Å²) in [6, 6.07) is -0.883. The number of aromatic amines is 1. The van der Waals surface area contributed by atoms with E-state index in [0.717, 1.165) is 5.52 Å². The molecule has 106 valence electrons. The number of carboxylic acid groups (broad SMARTS) is 1. The number of nitrogens with zero attached hydrogens (tertiary/aromatic N) is 3. The van der Waals surface area contributed by atoms with Crippen LogP contribution in [0.15, 0.2) is 17.7 Å². The molecule has 0 fully saturated rings. The Morgan fingerprint density at radius 3 is 3.00 bits per heavy atom. The summed E-state index contributed by atoms with van der Waals surface area (Å²) in [5, 5.41) is 11.8. The first-order chi connectivity index (χ1) is 9.58. The smallest absolute Gasteiger partial charge is 0.325 e. The molecule has 20 heavy (non-hydrogen) atoms. The van der Waals surface area contributed by atoms with Crippen LogP contribution in [0.4, 0.5) is 0 Å². The summed E-state index contributed by atoms with van der Waals surface area (Å²) in [6.07, 6.45) is 3.16. The maximum atomic E-state index is 11.5. The molecule has 0 bridgehead atoms. The van der Waals surface area contributed by atoms with E-state index in [1.807, 2.05) is 0 Å². The van der Waals surface area contributed by atoms with Crippen molar-refractivity contribution in [2.45, 2.75) is 24.4 Å². The zero-order chi connectivity index (χ0) is 14.5. The molecule has 9 heteroatoms. The molecule has 8 nitrogen and oxygen atoms in total. The van der Waals surface area contributed by atoms with Crippen LogP contribution in [0.3, 0.4) is 0 Å². The van der Waals surface area contributed by atoms with Gasteiger partial charge in [0.1, 0.15) is 22.9 Å². The highest BCUT2D eigenvalue weighted by Crippen LogP contribution is 2.22. The number of H-pyrrole nitrogens is 1. The minimum absolute atomic E-state index is 0.210. The van der Waals surface area contributed by atoms with Crippen molar-refractivity contribution in [1.29, 1.82) is 0 Å². The molecule has 3 N–H and O–H groups in total. The molecule has 0 unspecified atom stereocenters. The van der Waals surface area contributed by atoms with Gasteiger partial charge in [0.25, 0.3) is 0 Å². The van der Waals surface area contributed by atoms with Crippen LogP contribution < -0.4 is 5.32 Å². The number of hydrogen-bond donors (Lipinski definition) is 3. The third kappa shape index (κ3) is 3.44. The van der Waals surface area contributed by atoms with E-state index in [4.69, 9.17) is 5.11 Å². The number of hydrogen-bond acceptors (Lipinski definition) is 6. The van der Waals surface area contributed by atoms with Crippen LogP contribution in [-0.4, -0.2) is 48.7 Å². The molecular formula is C11H13N5O3S. The highest BCUT2D eigenvalue weighted by atomic mass is 32.2. The molecule has 1 atom stereocenters. The summed E-state index contributed by atoms with van der Waals surface area (Å²) in [5.74, 6) is -0.869. The Bertz CT molecular complexity index is 629. The molecule has 0 aliphatic rings. The quantitative estimate of drug-likeness (QED) is 0.521. The van der Waals surface area contributed by atoms with Crippen molar-refractivity contribution in [3.05, 3.63) is 12.7 Å². The Labute approximate surface area is 118 Å². The average molecular weight is 295 g/mol. The largest absolute Gasteiger partial charge is 0.480 e. The number of thioether (sulfide) groups is 1. The van der Waals surface area contributed by atoms with Crippen molar-refractivity contribution in [3.8, 4) is 0 Å². The highest BCUT2D eigenvalue weighted by Gasteiger charge is 2.14. The first-order valence-electron chi connectivity index (χ1n) is 5.87. The molecule has 0 aromatic carbocycles. The lowest BCUT2D eigenvalue weighted by Crippen LogP contribution is -2.38. The van der Waals surface area contributed by atoms with Crippen LogP contribution in [0.2, 0.25) is 0 Å². The van der Waals surface area contributed by atoms with Gasteiger partial charge >= 0.3 is 5.97 Å². The molecule has 0 spiro atoms. The lowest BCUT2D eigenvalue weighted by atomic mass is 10.3. The van der Waals surface area contributed by atoms with E-state index in [0.29, 0.717) is 16.4 Å². The van der Waals surface area contributed by atoms with Gasteiger partial charge in [-0.2, -0.15) is 0 Å². The molecule has 1 amide bonds. The molecule has 2 aromatic rings. The van der Waals surface area contributed by atoms with Gasteiger partial charge < -0.3 is 15.4 Å². The van der Waals surface area contributed by atoms with Crippen molar-refractivity contribution < 1.29 is 14.7 Å². The van der Waals surface area contributed by atoms with E-state index in [1.54, 1.807) is 0 Å². The predicted molar refractivity (Wildman–Crippen MR) is 72.3 cm³/mol. The molecule has 0 saturated heterocycles. The summed E-state index contributed by atoms with van der Waals surface area (Å²) >= 11 is 1.39. The Morgan fingerprint density at radius 1 is 1.45 bits per heavy atom. The van der Waals surface area contributed by atoms with Crippen LogP contribution in [0.5, 0.6) is 0 Å². The first-order valence-corrected chi connectivity index (χ1v) is 6.85. The van der Waals surface area contributed by atoms with Crippen LogP contribution >= 0.6 is 11.8 Å². The third-order valence-corrected chi connectivity index (χ3v) is 3.50. The fourth-order valence-corrected chi connectivity index (χ4v) is 2.37. The number of carbonyl (C=O) groups excluding carboxylic acids is 1. The molecule has 0 saturated carbocycles. The number of aromatic nitrogens is 4. The SMILES string of the molecule is C[C@H](NC(=O)CCSc1ncnc2nc[nH]c12)C(=O)O. The summed E-state index contributed by atoms with van der Waals surface area (Å²) in [7, 11) is 0. The number of carbonyl (C=O) groups is 2. The van der Waals surface area contributed by atoms with Gasteiger partial charge in [0.2, 0.25) is 5.91 Å². The molecule has 0 radical (unpaired) electrons. The van der Waals surface area contributed by atoms with E-state index in [-0.39, 0.29) is 12.3 Å². The van der Waals surface area contributed by atoms with Crippen molar-refractivity contribution in [1.82, 2.24) is 25.3 Å². The Kier molecular flexibility index (Phi) is 4.51. The van der Waals surface area contributed by atoms with Crippen molar-refractivity contribution in [2.75, 3.05) is 5.75 Å². The van der Waals surface area contributed by atoms with Crippen LogP contribution in [0.25, 0.3) is 11.2 Å². The van der Waals surface area contributed by atoms with Gasteiger partial charge in [-0.3, -0.25) is 9.59 Å². The number of aliphatic carboxylic acids is 1. The molecular weight excluding hydrogens is 282 g/mol. The normalized spacial score (nSPS) is 12.2. The van der Waals surface area contributed by atoms with Crippen LogP contribution in [0.1, 0.15) is 13.3 Å². The van der Waals surface area contributed by atoms with Crippen LogP contribution in [-0.2, 0) is 9.59 Å². The van der Waals surface area contributed by atoms with E-state index < -0.39 is 12.0 Å². The Morgan fingerprint density at radius 2 is 2.25 bits per heavy atom. The molecule has 2 aromatic heterocycles. The summed E-state index contributed by atoms with van der Waals surface area (Å²) in [5.41, 5.74) is 1.31. The van der Waals surface area contributed by atoms with Crippen molar-refractivity contribution >= 4 is 34.8 Å². The van der Waals surface area contributed by atoms with E-state index >= 15 is 0 Å². The maximum absolute atomic E-state index is 11.5. The second-order valence-corrected chi connectivity index (χ2v) is 5.09. The second-order valence-electron chi connectivity index (χ2n) is 4.01. The first kappa shape index (κ1) is 14.3. The van der Waals surface area contributed by atoms with Gasteiger partial charge in [0.15, 0.2) is 5.65 Å². The van der Waals surface area contributed by atoms with E-state index in [9.17, 15) is 9.59 Å². The molecule has 2 rings (SSSR count). The standard InChI is InChI=1S/C11H13N5O3S/c1-6(11(18)19)16-7(17)2-3-20-10-8-9(13-4-12-8)14-5-15-10/h4-6H,2-3H2,1H3,(H,16,17)(H,18,19)(H,12,13,14,15)/t6-/m0/s1. The highest BCUT2D eigenvalue weighted by molar-refractivity contribution is 7.99. The van der Waals surface area contributed by atoms with Gasteiger partial charge in [0, 0.05) is 12.2 Å². The zero-order valence-corrected chi connectivity index (χ0v) is 11.5. The van der Waals surface area contributed by atoms with Gasteiger partial charge in [-0.1, -0.05) is 0 Å². The summed E-state index contributed by atoms with van der Waals surface area (Å²) < 4.78 is 0. The molecule has 0 aliphatic carbocycles. The van der Waals surface area contributed by atoms with E-state index in [1.165, 1.54) is 31.3 Å². The topological polar surface area (TPSA) is 121 Å². The Balaban J connectivity index is 1.85. The fourth-order valence-electron chi connectivity index (χ4n) is 1.47. The van der Waals surface area contributed by atoms with E-state index in [2.05, 4.69) is 25.3 Å². The third-order valence-electron chi connectivity index (χ3n) is 2.50. The van der Waals surface area contributed by atoms with Crippen molar-refractivity contribution in [2.24, 2.45) is 0 Å². The van der Waals surface area contributed by atoms with Gasteiger partial charge in [-0.05, 0) is 6.92 Å². The molecule has 2 heterocycles. The summed E-state index contributed by atoms with van der Waals surface area (Å²) in [4.78, 5) is 37.2. The van der Waals surface area contributed by atoms with Crippen LogP contribution in [0, 0.1) is 0 Å². The lowest BCUT2D eigenvalue weighted by molar-refractivity contribution is -0.141. The van der Waals surface area contributed by atoms with Gasteiger partial charge in [-0.15, -0.1) is 11.8 Å². The average Bonchev–Trinajstić information content (AvgIpc) is 2.87. The number of nitrogens with one attached hydrogen (secondary N) is 2. The van der Waals surface area contributed by atoms with Gasteiger partial charge in [0.05, 0.1) is 6.33 Å². The minimum Gasteiger partial charge on any atom is -0.480 e. The Hall–Kier alpha value is -2.16. The second kappa shape index (κ2) is 6.33. The number of carboxylic acids is 1.